The monoisotopic (exact) mass is 802 g/mol. The van der Waals surface area contributed by atoms with Crippen LogP contribution in [-0.4, -0.2) is 4.57 Å². The first kappa shape index (κ1) is 35.4. The third-order valence-electron chi connectivity index (χ3n) is 12.9. The maximum atomic E-state index is 6.47. The zero-order valence-electron chi connectivity index (χ0n) is 34.2. The zero-order valence-corrected chi connectivity index (χ0v) is 34.2. The van der Waals surface area contributed by atoms with Crippen molar-refractivity contribution in [1.29, 1.82) is 0 Å². The molecule has 294 valence electrons. The second-order valence-electron chi connectivity index (χ2n) is 16.5. The number of hydrogen-bond donors (Lipinski definition) is 0. The summed E-state index contributed by atoms with van der Waals surface area (Å²) in [5.41, 5.74) is 13.2. The molecule has 63 heavy (non-hydrogen) atoms. The third kappa shape index (κ3) is 5.60. The van der Waals surface area contributed by atoms with Crippen molar-refractivity contribution in [3.05, 3.63) is 231 Å². The molecule has 0 aliphatic heterocycles. The lowest BCUT2D eigenvalue weighted by Crippen LogP contribution is -2.10. The Labute approximate surface area is 363 Å². The summed E-state index contributed by atoms with van der Waals surface area (Å²) in [6.07, 6.45) is 0. The molecule has 3 heteroatoms. The normalized spacial score (nSPS) is 11.8. The molecule has 11 aromatic carbocycles. The second kappa shape index (κ2) is 14.1. The van der Waals surface area contributed by atoms with Crippen LogP contribution in [0.25, 0.3) is 104 Å². The van der Waals surface area contributed by atoms with Gasteiger partial charge in [-0.2, -0.15) is 0 Å². The van der Waals surface area contributed by atoms with Crippen LogP contribution in [-0.2, 0) is 0 Å². The van der Waals surface area contributed by atoms with Crippen LogP contribution in [0.1, 0.15) is 0 Å². The molecule has 0 aliphatic carbocycles. The molecule has 0 bridgehead atoms. The van der Waals surface area contributed by atoms with Gasteiger partial charge in [-0.25, -0.2) is 0 Å². The van der Waals surface area contributed by atoms with Crippen molar-refractivity contribution in [2.45, 2.75) is 0 Å². The Kier molecular flexibility index (Phi) is 7.91. The van der Waals surface area contributed by atoms with Gasteiger partial charge in [0.2, 0.25) is 0 Å². The number of nitrogens with zero attached hydrogens (tertiary/aromatic N) is 2. The van der Waals surface area contributed by atoms with Gasteiger partial charge in [-0.3, -0.25) is 0 Å². The van der Waals surface area contributed by atoms with Gasteiger partial charge >= 0.3 is 0 Å². The van der Waals surface area contributed by atoms with Crippen LogP contribution in [0.2, 0.25) is 0 Å². The number of furan rings is 1. The highest BCUT2D eigenvalue weighted by Crippen LogP contribution is 2.44. The molecule has 0 saturated carbocycles. The number of hydrogen-bond acceptors (Lipinski definition) is 2. The molecule has 2 aromatic heterocycles. The van der Waals surface area contributed by atoms with E-state index in [4.69, 9.17) is 4.42 Å². The molecule has 0 aliphatic rings. The molecular weight excluding hydrogens is 765 g/mol. The molecule has 0 fully saturated rings. The maximum absolute atomic E-state index is 6.47. The number of aromatic nitrogens is 1. The van der Waals surface area contributed by atoms with Crippen molar-refractivity contribution < 1.29 is 4.42 Å². The third-order valence-corrected chi connectivity index (χ3v) is 12.9. The van der Waals surface area contributed by atoms with Crippen LogP contribution >= 0.6 is 0 Å². The van der Waals surface area contributed by atoms with Crippen LogP contribution < -0.4 is 4.90 Å². The highest BCUT2D eigenvalue weighted by molar-refractivity contribution is 6.15. The first-order valence-electron chi connectivity index (χ1n) is 21.6. The van der Waals surface area contributed by atoms with Crippen molar-refractivity contribution >= 4 is 93.1 Å². The van der Waals surface area contributed by atoms with Crippen molar-refractivity contribution in [1.82, 2.24) is 4.57 Å². The highest BCUT2D eigenvalue weighted by atomic mass is 16.3. The van der Waals surface area contributed by atoms with E-state index in [2.05, 4.69) is 228 Å². The van der Waals surface area contributed by atoms with E-state index >= 15 is 0 Å². The molecule has 0 saturated heterocycles. The van der Waals surface area contributed by atoms with Gasteiger partial charge in [-0.15, -0.1) is 0 Å². The molecule has 0 radical (unpaired) electrons. The summed E-state index contributed by atoms with van der Waals surface area (Å²) in [7, 11) is 0. The Balaban J connectivity index is 0.976. The molecule has 0 spiro atoms. The molecule has 3 nitrogen and oxygen atoms in total. The van der Waals surface area contributed by atoms with E-state index < -0.39 is 0 Å². The van der Waals surface area contributed by atoms with Gasteiger partial charge in [0.1, 0.15) is 11.2 Å². The van der Waals surface area contributed by atoms with Crippen LogP contribution in [0.15, 0.2) is 235 Å². The topological polar surface area (TPSA) is 21.3 Å². The van der Waals surface area contributed by atoms with E-state index in [9.17, 15) is 0 Å². The standard InChI is InChI=1S/C60H38N2O/c1-4-17-47-41(14-1)36-45(62-56-25-10-7-20-51(56)52-21-8-11-26-57(52)62)38-55(47)40-30-34-44(35-31-40)61(58-37-42-15-2-3-16-46(42)49-18-5-6-19-50(49)58)43-32-28-39(29-33-43)48-23-13-24-54-53-22-9-12-27-59(53)63-60(48)54/h1-38H. The van der Waals surface area contributed by atoms with Crippen molar-refractivity contribution in [2.24, 2.45) is 0 Å². The molecule has 0 N–H and O–H groups in total. The summed E-state index contributed by atoms with van der Waals surface area (Å²) < 4.78 is 8.89. The van der Waals surface area contributed by atoms with E-state index in [1.54, 1.807) is 0 Å². The predicted octanol–water partition coefficient (Wildman–Crippen LogP) is 16.9. The zero-order chi connectivity index (χ0) is 41.4. The predicted molar refractivity (Wildman–Crippen MR) is 266 cm³/mol. The van der Waals surface area contributed by atoms with Crippen LogP contribution in [0.4, 0.5) is 17.1 Å². The lowest BCUT2D eigenvalue weighted by Gasteiger charge is -2.28. The van der Waals surface area contributed by atoms with Crippen molar-refractivity contribution in [3.8, 4) is 27.9 Å². The quantitative estimate of drug-likeness (QED) is 0.156. The number of benzene rings is 11. The Morgan fingerprint density at radius 2 is 0.841 bits per heavy atom. The van der Waals surface area contributed by atoms with Gasteiger partial charge < -0.3 is 13.9 Å². The average Bonchev–Trinajstić information content (AvgIpc) is 3.90. The lowest BCUT2D eigenvalue weighted by molar-refractivity contribution is 0.670. The molecule has 0 unspecified atom stereocenters. The fraction of sp³-hybridized carbons (Fsp3) is 0. The fourth-order valence-corrected chi connectivity index (χ4v) is 10.1. The Hall–Kier alpha value is -8.40. The van der Waals surface area contributed by atoms with Gasteiger partial charge in [0.25, 0.3) is 0 Å². The van der Waals surface area contributed by atoms with Gasteiger partial charge in [-0.1, -0.05) is 170 Å². The fourth-order valence-electron chi connectivity index (χ4n) is 10.1. The summed E-state index contributed by atoms with van der Waals surface area (Å²) in [6.45, 7) is 0. The van der Waals surface area contributed by atoms with Gasteiger partial charge in [0, 0.05) is 49.6 Å². The molecule has 13 rings (SSSR count). The minimum Gasteiger partial charge on any atom is -0.455 e. The Morgan fingerprint density at radius 1 is 0.333 bits per heavy atom. The van der Waals surface area contributed by atoms with E-state index in [-0.39, 0.29) is 0 Å². The Bertz CT molecular complexity index is 3860. The summed E-state index contributed by atoms with van der Waals surface area (Å²) in [6, 6.07) is 83.6. The van der Waals surface area contributed by atoms with Crippen LogP contribution in [0.5, 0.6) is 0 Å². The maximum Gasteiger partial charge on any atom is 0.143 e. The van der Waals surface area contributed by atoms with E-state index in [1.165, 1.54) is 59.7 Å². The second-order valence-corrected chi connectivity index (χ2v) is 16.5. The number of anilines is 3. The number of fused-ring (bicyclic) bond motifs is 10. The van der Waals surface area contributed by atoms with E-state index in [1.807, 2.05) is 12.1 Å². The van der Waals surface area contributed by atoms with Gasteiger partial charge in [0.15, 0.2) is 0 Å². The molecule has 13 aromatic rings. The average molecular weight is 803 g/mol. The molecule has 2 heterocycles. The smallest absolute Gasteiger partial charge is 0.143 e. The number of rotatable bonds is 6. The van der Waals surface area contributed by atoms with E-state index in [0.717, 1.165) is 61.4 Å². The summed E-state index contributed by atoms with van der Waals surface area (Å²) in [5.74, 6) is 0. The molecule has 0 atom stereocenters. The largest absolute Gasteiger partial charge is 0.455 e. The van der Waals surface area contributed by atoms with Crippen LogP contribution in [0.3, 0.4) is 0 Å². The lowest BCUT2D eigenvalue weighted by atomic mass is 9.96. The van der Waals surface area contributed by atoms with Crippen molar-refractivity contribution in [2.75, 3.05) is 4.90 Å². The summed E-state index contributed by atoms with van der Waals surface area (Å²) in [5, 5.41) is 12.1. The highest BCUT2D eigenvalue weighted by Gasteiger charge is 2.20. The first-order chi connectivity index (χ1) is 31.2. The number of para-hydroxylation sites is 4. The van der Waals surface area contributed by atoms with Gasteiger partial charge in [-0.05, 0) is 104 Å². The Morgan fingerprint density at radius 3 is 1.52 bits per heavy atom. The van der Waals surface area contributed by atoms with E-state index in [0.29, 0.717) is 0 Å². The van der Waals surface area contributed by atoms with Crippen LogP contribution in [0, 0.1) is 0 Å². The molecule has 0 amide bonds. The summed E-state index contributed by atoms with van der Waals surface area (Å²) in [4.78, 5) is 2.41. The minimum absolute atomic E-state index is 0.904. The molecular formula is C60H38N2O. The first-order valence-corrected chi connectivity index (χ1v) is 21.6. The van der Waals surface area contributed by atoms with Gasteiger partial charge in [0.05, 0.1) is 16.7 Å². The minimum atomic E-state index is 0.904. The summed E-state index contributed by atoms with van der Waals surface area (Å²) >= 11 is 0. The van der Waals surface area contributed by atoms with Crippen molar-refractivity contribution in [3.63, 3.8) is 0 Å². The SMILES string of the molecule is c1ccc2c(-c3ccc(N(c4ccc(-c5cccc6c5oc5ccccc56)cc4)c4cc5ccccc5c5ccccc45)cc3)cc(-n3c4ccccc4c4ccccc43)cc2c1.